The van der Waals surface area contributed by atoms with Gasteiger partial charge in [-0.3, -0.25) is 9.52 Å². The fourth-order valence-electron chi connectivity index (χ4n) is 3.46. The second kappa shape index (κ2) is 7.61. The molecule has 4 rings (SSSR count). The molecule has 1 aliphatic heterocycles. The van der Waals surface area contributed by atoms with Crippen LogP contribution in [0, 0.1) is 0 Å². The Bertz CT molecular complexity index is 900. The fourth-order valence-corrected chi connectivity index (χ4v) is 5.51. The molecule has 2 heterocycles. The topological polar surface area (TPSA) is 78.5 Å². The van der Waals surface area contributed by atoms with E-state index in [1.165, 1.54) is 12.8 Å². The molecule has 144 valence electrons. The number of hydrogen-bond donors (Lipinski definition) is 2. The molecule has 0 spiro atoms. The number of amides is 1. The SMILES string of the molecule is O=C(NC1CCN(C2CC2)CC1)c1cccc(NS(=O)(=O)c2cccs2)c1. The van der Waals surface area contributed by atoms with Gasteiger partial charge in [0.2, 0.25) is 0 Å². The summed E-state index contributed by atoms with van der Waals surface area (Å²) in [7, 11) is -3.62. The highest BCUT2D eigenvalue weighted by molar-refractivity contribution is 7.94. The van der Waals surface area contributed by atoms with Crippen LogP contribution in [-0.2, 0) is 10.0 Å². The molecule has 1 saturated heterocycles. The molecule has 2 fully saturated rings. The van der Waals surface area contributed by atoms with Crippen molar-refractivity contribution in [2.75, 3.05) is 17.8 Å². The first-order chi connectivity index (χ1) is 13.0. The zero-order valence-corrected chi connectivity index (χ0v) is 16.6. The maximum absolute atomic E-state index is 12.6. The first-order valence-electron chi connectivity index (χ1n) is 9.22. The third-order valence-electron chi connectivity index (χ3n) is 5.06. The molecule has 8 heteroatoms. The fraction of sp³-hybridized carbons (Fsp3) is 0.421. The maximum Gasteiger partial charge on any atom is 0.271 e. The van der Waals surface area contributed by atoms with Gasteiger partial charge in [0.25, 0.3) is 15.9 Å². The van der Waals surface area contributed by atoms with Gasteiger partial charge in [-0.25, -0.2) is 8.42 Å². The molecule has 1 amide bonds. The van der Waals surface area contributed by atoms with Gasteiger partial charge in [-0.05, 0) is 55.3 Å². The summed E-state index contributed by atoms with van der Waals surface area (Å²) in [5.74, 6) is -0.156. The lowest BCUT2D eigenvalue weighted by molar-refractivity contribution is 0.0909. The van der Waals surface area contributed by atoms with Gasteiger partial charge in [-0.2, -0.15) is 0 Å². The van der Waals surface area contributed by atoms with E-state index in [-0.39, 0.29) is 16.2 Å². The molecule has 1 aliphatic carbocycles. The van der Waals surface area contributed by atoms with Crippen LogP contribution in [0.4, 0.5) is 5.69 Å². The smallest absolute Gasteiger partial charge is 0.271 e. The molecular formula is C19H23N3O3S2. The van der Waals surface area contributed by atoms with Crippen molar-refractivity contribution in [2.45, 2.75) is 42.0 Å². The second-order valence-electron chi connectivity index (χ2n) is 7.13. The van der Waals surface area contributed by atoms with E-state index in [1.807, 2.05) is 0 Å². The average molecular weight is 406 g/mol. The van der Waals surface area contributed by atoms with Crippen molar-refractivity contribution >= 4 is 33.0 Å². The maximum atomic E-state index is 12.6. The Kier molecular flexibility index (Phi) is 5.21. The molecule has 2 aromatic rings. The monoisotopic (exact) mass is 405 g/mol. The van der Waals surface area contributed by atoms with Crippen LogP contribution in [0.1, 0.15) is 36.0 Å². The second-order valence-corrected chi connectivity index (χ2v) is 9.99. The highest BCUT2D eigenvalue weighted by Crippen LogP contribution is 2.29. The van der Waals surface area contributed by atoms with Gasteiger partial charge in [-0.15, -0.1) is 11.3 Å². The van der Waals surface area contributed by atoms with Crippen molar-refractivity contribution < 1.29 is 13.2 Å². The Hall–Kier alpha value is -1.90. The van der Waals surface area contributed by atoms with Gasteiger partial charge < -0.3 is 10.2 Å². The molecule has 1 aromatic carbocycles. The summed E-state index contributed by atoms with van der Waals surface area (Å²) in [4.78, 5) is 15.1. The quantitative estimate of drug-likeness (QED) is 0.775. The van der Waals surface area contributed by atoms with E-state index in [0.717, 1.165) is 43.3 Å². The van der Waals surface area contributed by atoms with Crippen LogP contribution in [-0.4, -0.2) is 44.4 Å². The minimum absolute atomic E-state index is 0.156. The van der Waals surface area contributed by atoms with Crippen molar-refractivity contribution in [2.24, 2.45) is 0 Å². The Morgan fingerprint density at radius 2 is 1.85 bits per heavy atom. The number of anilines is 1. The van der Waals surface area contributed by atoms with E-state index in [4.69, 9.17) is 0 Å². The number of carbonyl (C=O) groups is 1. The number of rotatable bonds is 6. The zero-order chi connectivity index (χ0) is 18.9. The number of thiophene rings is 1. The van der Waals surface area contributed by atoms with E-state index in [1.54, 1.807) is 41.8 Å². The molecule has 6 nitrogen and oxygen atoms in total. The van der Waals surface area contributed by atoms with Crippen LogP contribution < -0.4 is 10.0 Å². The summed E-state index contributed by atoms with van der Waals surface area (Å²) >= 11 is 1.16. The standard InChI is InChI=1S/C19H23N3O3S2/c23-19(20-15-8-10-22(11-9-15)17-6-7-17)14-3-1-4-16(13-14)21-27(24,25)18-5-2-12-26-18/h1-5,12-13,15,17,21H,6-11H2,(H,20,23). The van der Waals surface area contributed by atoms with Crippen LogP contribution in [0.5, 0.6) is 0 Å². The average Bonchev–Trinajstić information content (AvgIpc) is 3.34. The number of carbonyl (C=O) groups excluding carboxylic acids is 1. The molecule has 0 atom stereocenters. The van der Waals surface area contributed by atoms with E-state index < -0.39 is 10.0 Å². The zero-order valence-electron chi connectivity index (χ0n) is 14.9. The highest BCUT2D eigenvalue weighted by Gasteiger charge is 2.32. The molecule has 27 heavy (non-hydrogen) atoms. The van der Waals surface area contributed by atoms with Gasteiger partial charge in [0, 0.05) is 36.4 Å². The number of piperidine rings is 1. The third-order valence-corrected chi connectivity index (χ3v) is 7.84. The number of nitrogens with one attached hydrogen (secondary N) is 2. The van der Waals surface area contributed by atoms with E-state index in [0.29, 0.717) is 11.3 Å². The van der Waals surface area contributed by atoms with Crippen molar-refractivity contribution in [1.82, 2.24) is 10.2 Å². The molecular weight excluding hydrogens is 382 g/mol. The first-order valence-corrected chi connectivity index (χ1v) is 11.6. The minimum atomic E-state index is -3.62. The molecule has 0 radical (unpaired) electrons. The predicted octanol–water partition coefficient (Wildman–Crippen LogP) is 2.91. The third kappa shape index (κ3) is 4.51. The first kappa shape index (κ1) is 18.5. The number of hydrogen-bond acceptors (Lipinski definition) is 5. The number of benzene rings is 1. The van der Waals surface area contributed by atoms with Crippen LogP contribution >= 0.6 is 11.3 Å². The summed E-state index contributed by atoms with van der Waals surface area (Å²) in [5.41, 5.74) is 0.852. The van der Waals surface area contributed by atoms with E-state index >= 15 is 0 Å². The van der Waals surface area contributed by atoms with Gasteiger partial charge in [0.1, 0.15) is 4.21 Å². The summed E-state index contributed by atoms with van der Waals surface area (Å²) in [5, 5.41) is 4.81. The molecule has 0 bridgehead atoms. The molecule has 2 aliphatic rings. The Labute approximate surface area is 163 Å². The van der Waals surface area contributed by atoms with Crippen molar-refractivity contribution in [3.05, 3.63) is 47.3 Å². The Morgan fingerprint density at radius 3 is 2.52 bits per heavy atom. The van der Waals surface area contributed by atoms with E-state index in [9.17, 15) is 13.2 Å². The lowest BCUT2D eigenvalue weighted by Gasteiger charge is -2.32. The Morgan fingerprint density at radius 1 is 1.07 bits per heavy atom. The molecule has 0 unspecified atom stereocenters. The van der Waals surface area contributed by atoms with Gasteiger partial charge >= 0.3 is 0 Å². The predicted molar refractivity (Wildman–Crippen MR) is 107 cm³/mol. The number of sulfonamides is 1. The largest absolute Gasteiger partial charge is 0.349 e. The van der Waals surface area contributed by atoms with Crippen molar-refractivity contribution in [3.8, 4) is 0 Å². The summed E-state index contributed by atoms with van der Waals surface area (Å²) < 4.78 is 27.5. The van der Waals surface area contributed by atoms with E-state index in [2.05, 4.69) is 14.9 Å². The lowest BCUT2D eigenvalue weighted by atomic mass is 10.0. The number of likely N-dealkylation sites (tertiary alicyclic amines) is 1. The molecule has 1 aromatic heterocycles. The van der Waals surface area contributed by atoms with Crippen molar-refractivity contribution in [1.29, 1.82) is 0 Å². The number of nitrogens with zero attached hydrogens (tertiary/aromatic N) is 1. The summed E-state index contributed by atoms with van der Waals surface area (Å²) in [6, 6.07) is 10.8. The minimum Gasteiger partial charge on any atom is -0.349 e. The van der Waals surface area contributed by atoms with Gasteiger partial charge in [0.05, 0.1) is 0 Å². The van der Waals surface area contributed by atoms with Crippen LogP contribution in [0.25, 0.3) is 0 Å². The normalized spacial score (nSPS) is 19.0. The summed E-state index contributed by atoms with van der Waals surface area (Å²) in [6.07, 6.45) is 4.55. The van der Waals surface area contributed by atoms with Crippen LogP contribution in [0.15, 0.2) is 46.0 Å². The molecule has 1 saturated carbocycles. The molecule has 2 N–H and O–H groups in total. The van der Waals surface area contributed by atoms with Crippen LogP contribution in [0.3, 0.4) is 0 Å². The van der Waals surface area contributed by atoms with Gasteiger partial charge in [0.15, 0.2) is 0 Å². The lowest BCUT2D eigenvalue weighted by Crippen LogP contribution is -2.45. The Balaban J connectivity index is 1.37. The highest BCUT2D eigenvalue weighted by atomic mass is 32.2. The van der Waals surface area contributed by atoms with Crippen LogP contribution in [0.2, 0.25) is 0 Å². The van der Waals surface area contributed by atoms with Gasteiger partial charge in [-0.1, -0.05) is 12.1 Å². The summed E-state index contributed by atoms with van der Waals surface area (Å²) in [6.45, 7) is 2.08. The van der Waals surface area contributed by atoms with Crippen molar-refractivity contribution in [3.63, 3.8) is 0 Å².